The quantitative estimate of drug-likeness (QED) is 0.540. The number of halogens is 1. The van der Waals surface area contributed by atoms with E-state index in [-0.39, 0.29) is 6.54 Å². The SMILES string of the molecule is CON(CCF)C(C)(Cc1ccccc1)OC. The summed E-state index contributed by atoms with van der Waals surface area (Å²) < 4.78 is 17.9. The van der Waals surface area contributed by atoms with E-state index < -0.39 is 12.4 Å². The molecule has 0 spiro atoms. The number of hydroxylamine groups is 2. The predicted octanol–water partition coefficient (Wildman–Crippen LogP) is 2.42. The fourth-order valence-electron chi connectivity index (χ4n) is 1.83. The standard InChI is InChI=1S/C13H20FNO2/c1-13(16-2,15(17-3)10-9-14)11-12-7-5-4-6-8-12/h4-8H,9-11H2,1-3H3. The molecule has 0 aliphatic rings. The zero-order valence-corrected chi connectivity index (χ0v) is 10.6. The molecule has 17 heavy (non-hydrogen) atoms. The third-order valence-electron chi connectivity index (χ3n) is 2.85. The predicted molar refractivity (Wildman–Crippen MR) is 65.3 cm³/mol. The Morgan fingerprint density at radius 1 is 1.24 bits per heavy atom. The molecular weight excluding hydrogens is 221 g/mol. The molecule has 1 atom stereocenters. The molecule has 0 saturated heterocycles. The van der Waals surface area contributed by atoms with Gasteiger partial charge in [0.15, 0.2) is 0 Å². The minimum absolute atomic E-state index is 0.188. The van der Waals surface area contributed by atoms with Crippen LogP contribution < -0.4 is 0 Å². The lowest BCUT2D eigenvalue weighted by atomic mass is 10.0. The number of benzene rings is 1. The summed E-state index contributed by atoms with van der Waals surface area (Å²) in [6, 6.07) is 9.93. The highest BCUT2D eigenvalue weighted by atomic mass is 19.1. The van der Waals surface area contributed by atoms with E-state index in [1.807, 2.05) is 37.3 Å². The maximum atomic E-state index is 12.5. The van der Waals surface area contributed by atoms with Gasteiger partial charge in [-0.1, -0.05) is 30.3 Å². The van der Waals surface area contributed by atoms with Crippen LogP contribution in [0, 0.1) is 0 Å². The zero-order chi connectivity index (χ0) is 12.7. The van der Waals surface area contributed by atoms with Crippen LogP contribution in [-0.4, -0.2) is 38.2 Å². The number of rotatable bonds is 7. The minimum Gasteiger partial charge on any atom is -0.361 e. The maximum Gasteiger partial charge on any atom is 0.144 e. The molecule has 3 nitrogen and oxygen atoms in total. The minimum atomic E-state index is -0.664. The molecule has 4 heteroatoms. The Hall–Kier alpha value is -0.970. The number of methoxy groups -OCH3 is 1. The second kappa shape index (κ2) is 6.69. The third kappa shape index (κ3) is 3.77. The summed E-state index contributed by atoms with van der Waals surface area (Å²) in [6.07, 6.45) is 0.637. The van der Waals surface area contributed by atoms with Gasteiger partial charge in [0, 0.05) is 13.5 Å². The molecule has 0 bridgehead atoms. The highest BCUT2D eigenvalue weighted by Crippen LogP contribution is 2.21. The van der Waals surface area contributed by atoms with Gasteiger partial charge in [0.2, 0.25) is 0 Å². The van der Waals surface area contributed by atoms with Crippen molar-refractivity contribution in [2.45, 2.75) is 19.1 Å². The van der Waals surface area contributed by atoms with Crippen LogP contribution in [0.2, 0.25) is 0 Å². The van der Waals surface area contributed by atoms with Crippen LogP contribution in [0.15, 0.2) is 30.3 Å². The molecule has 1 unspecified atom stereocenters. The van der Waals surface area contributed by atoms with E-state index in [0.717, 1.165) is 5.56 Å². The Morgan fingerprint density at radius 2 is 1.88 bits per heavy atom. The summed E-state index contributed by atoms with van der Waals surface area (Å²) >= 11 is 0. The van der Waals surface area contributed by atoms with E-state index in [1.54, 1.807) is 7.11 Å². The Labute approximate surface area is 102 Å². The molecule has 0 N–H and O–H groups in total. The first kappa shape index (κ1) is 14.1. The Balaban J connectivity index is 2.80. The molecular formula is C13H20FNO2. The number of hydrogen-bond acceptors (Lipinski definition) is 3. The molecule has 1 rings (SSSR count). The van der Waals surface area contributed by atoms with Crippen LogP contribution in [0.4, 0.5) is 4.39 Å². The molecule has 0 heterocycles. The van der Waals surface area contributed by atoms with Crippen molar-refractivity contribution in [1.82, 2.24) is 5.06 Å². The molecule has 96 valence electrons. The Bertz CT molecular complexity index is 320. The average Bonchev–Trinajstić information content (AvgIpc) is 2.37. The van der Waals surface area contributed by atoms with Crippen LogP contribution in [0.1, 0.15) is 12.5 Å². The van der Waals surface area contributed by atoms with Crippen LogP contribution in [0.5, 0.6) is 0 Å². The molecule has 0 aliphatic heterocycles. The van der Waals surface area contributed by atoms with Crippen LogP contribution in [0.25, 0.3) is 0 Å². The van der Waals surface area contributed by atoms with E-state index >= 15 is 0 Å². The van der Waals surface area contributed by atoms with E-state index in [1.165, 1.54) is 12.2 Å². The lowest BCUT2D eigenvalue weighted by Gasteiger charge is -2.37. The molecule has 0 radical (unpaired) electrons. The van der Waals surface area contributed by atoms with E-state index in [4.69, 9.17) is 9.57 Å². The van der Waals surface area contributed by atoms with Gasteiger partial charge in [-0.05, 0) is 12.5 Å². The lowest BCUT2D eigenvalue weighted by Crippen LogP contribution is -2.49. The van der Waals surface area contributed by atoms with Gasteiger partial charge < -0.3 is 4.74 Å². The summed E-state index contributed by atoms with van der Waals surface area (Å²) in [5, 5.41) is 1.53. The van der Waals surface area contributed by atoms with Gasteiger partial charge in [-0.2, -0.15) is 5.06 Å². The Morgan fingerprint density at radius 3 is 2.35 bits per heavy atom. The number of alkyl halides is 1. The van der Waals surface area contributed by atoms with Crippen LogP contribution >= 0.6 is 0 Å². The topological polar surface area (TPSA) is 21.7 Å². The zero-order valence-electron chi connectivity index (χ0n) is 10.6. The van der Waals surface area contributed by atoms with Crippen molar-refractivity contribution in [2.75, 3.05) is 27.4 Å². The monoisotopic (exact) mass is 241 g/mol. The van der Waals surface area contributed by atoms with Crippen LogP contribution in [0.3, 0.4) is 0 Å². The second-order valence-electron chi connectivity index (χ2n) is 4.02. The van der Waals surface area contributed by atoms with Gasteiger partial charge >= 0.3 is 0 Å². The van der Waals surface area contributed by atoms with Crippen molar-refractivity contribution in [3.05, 3.63) is 35.9 Å². The highest BCUT2D eigenvalue weighted by molar-refractivity contribution is 5.16. The number of nitrogens with zero attached hydrogens (tertiary/aromatic N) is 1. The first-order valence-corrected chi connectivity index (χ1v) is 5.63. The van der Waals surface area contributed by atoms with E-state index in [0.29, 0.717) is 6.42 Å². The number of ether oxygens (including phenoxy) is 1. The summed E-state index contributed by atoms with van der Waals surface area (Å²) in [4.78, 5) is 5.19. The van der Waals surface area contributed by atoms with E-state index in [2.05, 4.69) is 0 Å². The van der Waals surface area contributed by atoms with Crippen molar-refractivity contribution >= 4 is 0 Å². The lowest BCUT2D eigenvalue weighted by molar-refractivity contribution is -0.282. The fraction of sp³-hybridized carbons (Fsp3) is 0.538. The van der Waals surface area contributed by atoms with Crippen molar-refractivity contribution in [3.63, 3.8) is 0 Å². The first-order valence-electron chi connectivity index (χ1n) is 5.63. The normalized spacial score (nSPS) is 14.9. The summed E-state index contributed by atoms with van der Waals surface area (Å²) in [6.45, 7) is 1.61. The molecule has 0 aliphatic carbocycles. The average molecular weight is 241 g/mol. The smallest absolute Gasteiger partial charge is 0.144 e. The summed E-state index contributed by atoms with van der Waals surface area (Å²) in [5.74, 6) is 0. The fourth-order valence-corrected chi connectivity index (χ4v) is 1.83. The second-order valence-corrected chi connectivity index (χ2v) is 4.02. The van der Waals surface area contributed by atoms with Crippen molar-refractivity contribution in [3.8, 4) is 0 Å². The van der Waals surface area contributed by atoms with Gasteiger partial charge in [0.05, 0.1) is 13.7 Å². The number of hydrogen-bond donors (Lipinski definition) is 0. The van der Waals surface area contributed by atoms with Crippen LogP contribution in [-0.2, 0) is 16.0 Å². The van der Waals surface area contributed by atoms with Crippen molar-refractivity contribution in [2.24, 2.45) is 0 Å². The summed E-state index contributed by atoms with van der Waals surface area (Å²) in [7, 11) is 3.13. The summed E-state index contributed by atoms with van der Waals surface area (Å²) in [5.41, 5.74) is 0.458. The third-order valence-corrected chi connectivity index (χ3v) is 2.85. The molecule has 1 aromatic rings. The van der Waals surface area contributed by atoms with Gasteiger partial charge in [-0.3, -0.25) is 4.84 Å². The molecule has 1 aromatic carbocycles. The van der Waals surface area contributed by atoms with Crippen molar-refractivity contribution in [1.29, 1.82) is 0 Å². The van der Waals surface area contributed by atoms with Gasteiger partial charge in [0.25, 0.3) is 0 Å². The van der Waals surface area contributed by atoms with Crippen molar-refractivity contribution < 1.29 is 14.0 Å². The molecule has 0 amide bonds. The van der Waals surface area contributed by atoms with E-state index in [9.17, 15) is 4.39 Å². The largest absolute Gasteiger partial charge is 0.361 e. The maximum absolute atomic E-state index is 12.5. The molecule has 0 fully saturated rings. The first-order chi connectivity index (χ1) is 8.16. The van der Waals surface area contributed by atoms with Gasteiger partial charge in [-0.15, -0.1) is 0 Å². The Kier molecular flexibility index (Phi) is 5.55. The van der Waals surface area contributed by atoms with Gasteiger partial charge in [0.1, 0.15) is 12.4 Å². The van der Waals surface area contributed by atoms with Gasteiger partial charge in [-0.25, -0.2) is 4.39 Å². The molecule has 0 saturated carbocycles. The molecule has 0 aromatic heterocycles. The highest BCUT2D eigenvalue weighted by Gasteiger charge is 2.32.